The van der Waals surface area contributed by atoms with Crippen LogP contribution in [0.5, 0.6) is 0 Å². The first-order valence-electron chi connectivity index (χ1n) is 8.81. The molecule has 2 aromatic carbocycles. The molecule has 2 nitrogen and oxygen atoms in total. The molecule has 1 heterocycles. The number of fused-ring (bicyclic) bond motifs is 1. The zero-order chi connectivity index (χ0) is 18.3. The van der Waals surface area contributed by atoms with Gasteiger partial charge in [0.05, 0.1) is 11.4 Å². The van der Waals surface area contributed by atoms with Gasteiger partial charge < -0.3 is 0 Å². The number of halogens is 1. The molecule has 130 valence electrons. The zero-order valence-electron chi connectivity index (χ0n) is 14.9. The van der Waals surface area contributed by atoms with E-state index in [0.29, 0.717) is 11.4 Å². The Bertz CT molecular complexity index is 992. The topological polar surface area (TPSA) is 30.0 Å². The number of pyridine rings is 1. The number of nitrogens with zero attached hydrogens (tertiary/aromatic N) is 1. The fourth-order valence-corrected chi connectivity index (χ4v) is 3.91. The Morgan fingerprint density at radius 1 is 0.923 bits per heavy atom. The van der Waals surface area contributed by atoms with Crippen LogP contribution in [0.1, 0.15) is 36.3 Å². The predicted octanol–water partition coefficient (Wildman–Crippen LogP) is 6.22. The van der Waals surface area contributed by atoms with Crippen LogP contribution < -0.4 is 0 Å². The molecule has 4 rings (SSSR count). The van der Waals surface area contributed by atoms with Gasteiger partial charge in [-0.2, -0.15) is 0 Å². The maximum atomic E-state index is 12.9. The van der Waals surface area contributed by atoms with Crippen LogP contribution in [0, 0.1) is 5.41 Å². The van der Waals surface area contributed by atoms with Gasteiger partial charge in [0.25, 0.3) is 0 Å². The second-order valence-corrected chi connectivity index (χ2v) is 8.13. The van der Waals surface area contributed by atoms with Gasteiger partial charge in [0, 0.05) is 22.6 Å². The Morgan fingerprint density at radius 3 is 2.38 bits per heavy atom. The summed E-state index contributed by atoms with van der Waals surface area (Å²) in [5, 5.41) is 0.680. The van der Waals surface area contributed by atoms with E-state index in [1.165, 1.54) is 0 Å². The largest absolute Gasteiger partial charge is 0.294 e. The lowest BCUT2D eigenvalue weighted by molar-refractivity contribution is 0.0911. The number of rotatable bonds is 2. The normalized spacial score (nSPS) is 15.6. The van der Waals surface area contributed by atoms with Crippen LogP contribution in [0.3, 0.4) is 0 Å². The minimum Gasteiger partial charge on any atom is -0.294 e. The van der Waals surface area contributed by atoms with Crippen molar-refractivity contribution in [3.05, 3.63) is 76.9 Å². The molecular weight excluding hydrogens is 342 g/mol. The summed E-state index contributed by atoms with van der Waals surface area (Å²) in [5.74, 6) is 0.181. The van der Waals surface area contributed by atoms with E-state index in [2.05, 4.69) is 13.8 Å². The quantitative estimate of drug-likeness (QED) is 0.542. The lowest BCUT2D eigenvalue weighted by Crippen LogP contribution is -2.28. The monoisotopic (exact) mass is 361 g/mol. The predicted molar refractivity (Wildman–Crippen MR) is 107 cm³/mol. The Morgan fingerprint density at radius 2 is 1.65 bits per heavy atom. The van der Waals surface area contributed by atoms with Gasteiger partial charge in [0.15, 0.2) is 5.78 Å². The molecule has 0 bridgehead atoms. The van der Waals surface area contributed by atoms with Crippen LogP contribution in [0.4, 0.5) is 0 Å². The Hall–Kier alpha value is -2.45. The minimum atomic E-state index is -0.0714. The average molecular weight is 362 g/mol. The van der Waals surface area contributed by atoms with E-state index in [1.54, 1.807) is 0 Å². The molecule has 0 N–H and O–H groups in total. The van der Waals surface area contributed by atoms with Crippen molar-refractivity contribution in [2.45, 2.75) is 26.7 Å². The van der Waals surface area contributed by atoms with Gasteiger partial charge in [-0.3, -0.25) is 9.78 Å². The second-order valence-electron chi connectivity index (χ2n) is 7.69. The molecule has 0 radical (unpaired) electrons. The summed E-state index contributed by atoms with van der Waals surface area (Å²) in [6.45, 7) is 4.26. The van der Waals surface area contributed by atoms with Crippen LogP contribution in [0.2, 0.25) is 5.02 Å². The number of ketones is 1. The molecule has 0 atom stereocenters. The molecule has 1 aliphatic carbocycles. The summed E-state index contributed by atoms with van der Waals surface area (Å²) < 4.78 is 0. The average Bonchev–Trinajstić information content (AvgIpc) is 2.60. The third kappa shape index (κ3) is 3.17. The summed E-state index contributed by atoms with van der Waals surface area (Å²) >= 11 is 6.18. The van der Waals surface area contributed by atoms with Crippen LogP contribution in [0.15, 0.2) is 60.7 Å². The number of hydrogen-bond acceptors (Lipinski definition) is 2. The molecular formula is C23H20ClNO. The number of carbonyl (C=O) groups is 1. The fraction of sp³-hybridized carbons (Fsp3) is 0.217. The third-order valence-corrected chi connectivity index (χ3v) is 5.10. The van der Waals surface area contributed by atoms with Crippen molar-refractivity contribution < 1.29 is 4.79 Å². The van der Waals surface area contributed by atoms with E-state index >= 15 is 0 Å². The van der Waals surface area contributed by atoms with Gasteiger partial charge in [0.2, 0.25) is 0 Å². The lowest BCUT2D eigenvalue weighted by atomic mass is 9.74. The van der Waals surface area contributed by atoms with E-state index in [1.807, 2.05) is 60.7 Å². The highest BCUT2D eigenvalue weighted by atomic mass is 35.5. The molecule has 3 heteroatoms. The molecule has 1 aromatic heterocycles. The first-order valence-corrected chi connectivity index (χ1v) is 9.19. The van der Waals surface area contributed by atoms with Crippen molar-refractivity contribution in [3.63, 3.8) is 0 Å². The van der Waals surface area contributed by atoms with Crippen LogP contribution in [-0.2, 0) is 6.42 Å². The van der Waals surface area contributed by atoms with E-state index < -0.39 is 0 Å². The summed E-state index contributed by atoms with van der Waals surface area (Å²) in [5.41, 5.74) is 5.43. The van der Waals surface area contributed by atoms with Crippen LogP contribution >= 0.6 is 11.6 Å². The summed E-state index contributed by atoms with van der Waals surface area (Å²) in [6.07, 6.45) is 1.35. The molecule has 0 fully saturated rings. The molecule has 3 aromatic rings. The highest BCUT2D eigenvalue weighted by Gasteiger charge is 2.34. The maximum Gasteiger partial charge on any atom is 0.165 e. The van der Waals surface area contributed by atoms with Crippen molar-refractivity contribution in [2.24, 2.45) is 5.41 Å². The van der Waals surface area contributed by atoms with Gasteiger partial charge in [-0.25, -0.2) is 0 Å². The molecule has 0 saturated carbocycles. The number of benzene rings is 2. The van der Waals surface area contributed by atoms with Crippen molar-refractivity contribution in [1.29, 1.82) is 0 Å². The Balaban J connectivity index is 1.98. The smallest absolute Gasteiger partial charge is 0.165 e. The fourth-order valence-electron chi connectivity index (χ4n) is 3.72. The summed E-state index contributed by atoms with van der Waals surface area (Å²) in [6, 6.07) is 19.8. The standard InChI is InChI=1S/C23H20ClNO/c1-23(2)13-20-22(21(26)14-23)18(15-7-4-3-5-8-15)12-19(25-20)16-9-6-10-17(24)11-16/h3-12H,13-14H2,1-2H3. The number of aromatic nitrogens is 1. The van der Waals surface area contributed by atoms with Gasteiger partial charge in [-0.1, -0.05) is 67.9 Å². The molecule has 0 aliphatic heterocycles. The molecule has 0 unspecified atom stereocenters. The van der Waals surface area contributed by atoms with E-state index in [-0.39, 0.29) is 11.2 Å². The first-order chi connectivity index (χ1) is 12.4. The number of Topliss-reactive ketones (excluding diaryl/α,β-unsaturated/α-hetero) is 1. The van der Waals surface area contributed by atoms with Gasteiger partial charge in [-0.05, 0) is 41.2 Å². The van der Waals surface area contributed by atoms with E-state index in [9.17, 15) is 4.79 Å². The molecule has 26 heavy (non-hydrogen) atoms. The highest BCUT2D eigenvalue weighted by Crippen LogP contribution is 2.40. The summed E-state index contributed by atoms with van der Waals surface area (Å²) in [4.78, 5) is 17.8. The number of carbonyl (C=O) groups excluding carboxylic acids is 1. The molecule has 0 spiro atoms. The third-order valence-electron chi connectivity index (χ3n) is 4.86. The van der Waals surface area contributed by atoms with Gasteiger partial charge >= 0.3 is 0 Å². The van der Waals surface area contributed by atoms with Crippen molar-refractivity contribution in [3.8, 4) is 22.4 Å². The summed E-state index contributed by atoms with van der Waals surface area (Å²) in [7, 11) is 0. The molecule has 0 saturated heterocycles. The van der Waals surface area contributed by atoms with Crippen molar-refractivity contribution >= 4 is 17.4 Å². The first kappa shape index (κ1) is 17.0. The van der Waals surface area contributed by atoms with Crippen molar-refractivity contribution in [2.75, 3.05) is 0 Å². The second kappa shape index (κ2) is 6.37. The van der Waals surface area contributed by atoms with Crippen molar-refractivity contribution in [1.82, 2.24) is 4.98 Å². The Labute approximate surface area is 158 Å². The SMILES string of the molecule is CC1(C)CC(=O)c2c(-c3ccccc3)cc(-c3cccc(Cl)c3)nc2C1. The lowest BCUT2D eigenvalue weighted by Gasteiger charge is -2.31. The minimum absolute atomic E-state index is 0.0714. The van der Waals surface area contributed by atoms with Gasteiger partial charge in [-0.15, -0.1) is 0 Å². The van der Waals surface area contributed by atoms with Crippen LogP contribution in [0.25, 0.3) is 22.4 Å². The zero-order valence-corrected chi connectivity index (χ0v) is 15.7. The Kier molecular flexibility index (Phi) is 4.16. The van der Waals surface area contributed by atoms with Gasteiger partial charge in [0.1, 0.15) is 0 Å². The molecule has 0 amide bonds. The van der Waals surface area contributed by atoms with Crippen LogP contribution in [-0.4, -0.2) is 10.8 Å². The van der Waals surface area contributed by atoms with E-state index in [4.69, 9.17) is 16.6 Å². The molecule has 1 aliphatic rings. The van der Waals surface area contributed by atoms with E-state index in [0.717, 1.165) is 40.1 Å². The highest BCUT2D eigenvalue weighted by molar-refractivity contribution is 6.30. The number of hydrogen-bond donors (Lipinski definition) is 0. The maximum absolute atomic E-state index is 12.9.